The molecule has 0 unspecified atom stereocenters. The van der Waals surface area contributed by atoms with Crippen LogP contribution in [0.3, 0.4) is 0 Å². The lowest BCUT2D eigenvalue weighted by Crippen LogP contribution is -1.96. The van der Waals surface area contributed by atoms with Gasteiger partial charge in [0.25, 0.3) is 0 Å². The summed E-state index contributed by atoms with van der Waals surface area (Å²) in [5.74, 6) is 0.829. The fourth-order valence-corrected chi connectivity index (χ4v) is 1.56. The molecule has 0 aliphatic carbocycles. The number of allylic oxidation sites excluding steroid dienone is 1. The summed E-state index contributed by atoms with van der Waals surface area (Å²) in [4.78, 5) is 24.4. The van der Waals surface area contributed by atoms with Crippen LogP contribution in [0.1, 0.15) is 11.1 Å². The average molecular weight is 257 g/mol. The summed E-state index contributed by atoms with van der Waals surface area (Å²) in [6, 6.07) is 6.03. The van der Waals surface area contributed by atoms with Gasteiger partial charge in [0.05, 0.1) is 6.61 Å². The molecule has 0 fully saturated rings. The maximum Gasteiger partial charge on any atom is 0.692 e. The van der Waals surface area contributed by atoms with Crippen LogP contribution in [0.15, 0.2) is 30.9 Å². The van der Waals surface area contributed by atoms with Crippen molar-refractivity contribution in [3.05, 3.63) is 42.0 Å². The predicted molar refractivity (Wildman–Crippen MR) is 62.7 cm³/mol. The van der Waals surface area contributed by atoms with Gasteiger partial charge in [-0.15, -0.1) is 16.4 Å². The van der Waals surface area contributed by atoms with E-state index >= 15 is 0 Å². The fraction of sp³-hybridized carbons (Fsp3) is 0.273. The topological polar surface area (TPSA) is 76.0 Å². The van der Waals surface area contributed by atoms with Crippen LogP contribution in [-0.4, -0.2) is 16.4 Å². The highest BCUT2D eigenvalue weighted by molar-refractivity contribution is 7.30. The van der Waals surface area contributed by atoms with Crippen molar-refractivity contribution < 1.29 is 24.1 Å². The Labute approximate surface area is 100 Å². The number of hydrogen-bond acceptors (Lipinski definition) is 3. The number of hydrogen-bond donors (Lipinski definition) is 2. The molecule has 0 spiro atoms. The lowest BCUT2D eigenvalue weighted by molar-refractivity contribution is -0.203. The molecule has 1 aromatic carbocycles. The maximum atomic E-state index is 8.70. The molecular weight excluding hydrogens is 243 g/mol. The number of benzene rings is 1. The van der Waals surface area contributed by atoms with E-state index in [1.807, 2.05) is 18.2 Å². The molecule has 2 N–H and O–H groups in total. The van der Waals surface area contributed by atoms with Gasteiger partial charge in [-0.2, -0.15) is 4.89 Å². The van der Waals surface area contributed by atoms with Gasteiger partial charge in [-0.05, 0) is 18.1 Å². The second-order valence-electron chi connectivity index (χ2n) is 3.29. The van der Waals surface area contributed by atoms with Crippen LogP contribution >= 0.6 is 8.25 Å². The van der Waals surface area contributed by atoms with E-state index < -0.39 is 8.25 Å². The first-order valence-corrected chi connectivity index (χ1v) is 6.17. The average Bonchev–Trinajstić information content (AvgIpc) is 2.38. The largest absolute Gasteiger partial charge is 0.692 e. The van der Waals surface area contributed by atoms with Crippen molar-refractivity contribution in [1.29, 1.82) is 0 Å². The highest BCUT2D eigenvalue weighted by Crippen LogP contribution is 2.26. The van der Waals surface area contributed by atoms with Crippen LogP contribution in [0.5, 0.6) is 5.75 Å². The lowest BCUT2D eigenvalue weighted by Gasteiger charge is -2.06. The molecule has 0 amide bonds. The van der Waals surface area contributed by atoms with Gasteiger partial charge in [0, 0.05) is 16.5 Å². The third kappa shape index (κ3) is 4.63. The molecule has 17 heavy (non-hydrogen) atoms. The van der Waals surface area contributed by atoms with Crippen molar-refractivity contribution in [2.75, 3.05) is 6.61 Å². The van der Waals surface area contributed by atoms with Gasteiger partial charge in [-0.3, -0.25) is 0 Å². The number of fused-ring (bicyclic) bond motifs is 2. The van der Waals surface area contributed by atoms with Gasteiger partial charge in [-0.1, -0.05) is 18.2 Å². The minimum Gasteiger partial charge on any atom is -0.337 e. The molecule has 1 aliphatic rings. The minimum absolute atomic E-state index is 0.623. The summed E-state index contributed by atoms with van der Waals surface area (Å²) >= 11 is 0. The molecule has 0 saturated carbocycles. The Morgan fingerprint density at radius 1 is 1.47 bits per heavy atom. The lowest BCUT2D eigenvalue weighted by atomic mass is 10.0. The van der Waals surface area contributed by atoms with E-state index in [1.165, 1.54) is 11.1 Å². The van der Waals surface area contributed by atoms with Crippen molar-refractivity contribution in [3.63, 3.8) is 0 Å². The van der Waals surface area contributed by atoms with Crippen molar-refractivity contribution in [2.24, 2.45) is 0 Å². The Hall–Kier alpha value is -1.26. The van der Waals surface area contributed by atoms with Crippen molar-refractivity contribution in [2.45, 2.75) is 12.8 Å². The first-order chi connectivity index (χ1) is 8.15. The second kappa shape index (κ2) is 7.14. The van der Waals surface area contributed by atoms with Crippen molar-refractivity contribution >= 4 is 8.25 Å². The van der Waals surface area contributed by atoms with E-state index in [4.69, 9.17) is 24.1 Å². The molecule has 6 heteroatoms. The van der Waals surface area contributed by atoms with Crippen LogP contribution < -0.4 is 4.89 Å². The monoisotopic (exact) mass is 257 g/mol. The van der Waals surface area contributed by atoms with Gasteiger partial charge < -0.3 is 4.89 Å². The van der Waals surface area contributed by atoms with Crippen LogP contribution in [0.2, 0.25) is 0 Å². The maximum absolute atomic E-state index is 8.70. The smallest absolute Gasteiger partial charge is 0.337 e. The molecule has 0 aromatic heterocycles. The Bertz CT molecular complexity index is 377. The summed E-state index contributed by atoms with van der Waals surface area (Å²) in [5, 5.41) is 0. The first kappa shape index (κ1) is 13.8. The molecule has 2 bridgehead atoms. The molecular formula is C11H14O5P+. The molecule has 5 nitrogen and oxygen atoms in total. The highest BCUT2D eigenvalue weighted by atomic mass is 31.1. The van der Waals surface area contributed by atoms with Crippen LogP contribution in [0, 0.1) is 0 Å². The van der Waals surface area contributed by atoms with Crippen LogP contribution in [0.4, 0.5) is 0 Å². The SMILES string of the molecule is C=CCc1c2cccc1OOCC2.O=[P+](O)O. The summed E-state index contributed by atoms with van der Waals surface area (Å²) in [6.07, 6.45) is 3.64. The predicted octanol–water partition coefficient (Wildman–Crippen LogP) is 1.91. The normalized spacial score (nSPS) is 12.6. The van der Waals surface area contributed by atoms with E-state index in [0.29, 0.717) is 6.61 Å². The van der Waals surface area contributed by atoms with Crippen LogP contribution in [-0.2, 0) is 22.3 Å². The standard InChI is InChI=1S/C11H12O2.HO3P/c1-2-4-10-9-5-3-6-11(10)13-12-8-7-9;1-4(2)3/h2-3,5-6H,1,4,7-8H2;(H-,1,2,3)/p+1. The third-order valence-corrected chi connectivity index (χ3v) is 2.18. The fourth-order valence-electron chi connectivity index (χ4n) is 1.56. The van der Waals surface area contributed by atoms with Gasteiger partial charge in [0.2, 0.25) is 0 Å². The van der Waals surface area contributed by atoms with Gasteiger partial charge in [0.15, 0.2) is 5.75 Å². The number of rotatable bonds is 2. The Morgan fingerprint density at radius 3 is 2.82 bits per heavy atom. The van der Waals surface area contributed by atoms with E-state index in [2.05, 4.69) is 12.6 Å². The van der Waals surface area contributed by atoms with Gasteiger partial charge >= 0.3 is 8.25 Å². The van der Waals surface area contributed by atoms with E-state index in [0.717, 1.165) is 18.6 Å². The minimum atomic E-state index is -2.87. The molecule has 0 saturated heterocycles. The van der Waals surface area contributed by atoms with E-state index in [1.54, 1.807) is 0 Å². The highest BCUT2D eigenvalue weighted by Gasteiger charge is 2.12. The molecule has 0 radical (unpaired) electrons. The molecule has 92 valence electrons. The Kier molecular flexibility index (Phi) is 5.80. The quantitative estimate of drug-likeness (QED) is 0.481. The molecule has 0 atom stereocenters. The molecule has 1 aromatic rings. The van der Waals surface area contributed by atoms with E-state index in [-0.39, 0.29) is 0 Å². The zero-order valence-corrected chi connectivity index (χ0v) is 10.1. The first-order valence-electron chi connectivity index (χ1n) is 5.01. The molecule has 2 rings (SSSR count). The van der Waals surface area contributed by atoms with Gasteiger partial charge in [-0.25, -0.2) is 0 Å². The molecule has 1 aliphatic heterocycles. The van der Waals surface area contributed by atoms with Crippen molar-refractivity contribution in [3.8, 4) is 5.75 Å². The summed E-state index contributed by atoms with van der Waals surface area (Å²) in [7, 11) is -2.87. The van der Waals surface area contributed by atoms with Gasteiger partial charge in [0.1, 0.15) is 0 Å². The summed E-state index contributed by atoms with van der Waals surface area (Å²) < 4.78 is 8.70. The zero-order valence-electron chi connectivity index (χ0n) is 9.20. The van der Waals surface area contributed by atoms with Crippen molar-refractivity contribution in [1.82, 2.24) is 0 Å². The van der Waals surface area contributed by atoms with Crippen LogP contribution in [0.25, 0.3) is 0 Å². The molecule has 1 heterocycles. The third-order valence-electron chi connectivity index (χ3n) is 2.18. The zero-order chi connectivity index (χ0) is 12.7. The second-order valence-corrected chi connectivity index (χ2v) is 3.80. The van der Waals surface area contributed by atoms with E-state index in [9.17, 15) is 0 Å². The summed E-state index contributed by atoms with van der Waals surface area (Å²) in [5.41, 5.74) is 2.50. The Morgan fingerprint density at radius 2 is 2.18 bits per heavy atom. The summed E-state index contributed by atoms with van der Waals surface area (Å²) in [6.45, 7) is 4.35. The Balaban J connectivity index is 0.000000317.